The number of halogens is 4. The van der Waals surface area contributed by atoms with Gasteiger partial charge in [0.05, 0.1) is 17.1 Å². The van der Waals surface area contributed by atoms with Gasteiger partial charge in [0, 0.05) is 4.91 Å². The summed E-state index contributed by atoms with van der Waals surface area (Å²) in [4.78, 5) is 15.7. The predicted molar refractivity (Wildman–Crippen MR) is 92.4 cm³/mol. The fourth-order valence-electron chi connectivity index (χ4n) is 2.78. The van der Waals surface area contributed by atoms with Gasteiger partial charge in [-0.15, -0.1) is 0 Å². The SMILES string of the molecule is CC(C)(C)OC(=O)N1CC(F)(F)C(N=[N+]=[N-])C1Cc1cccc(Br)c1F. The Morgan fingerprint density at radius 3 is 2.73 bits per heavy atom. The highest BCUT2D eigenvalue weighted by atomic mass is 79.9. The van der Waals surface area contributed by atoms with Gasteiger partial charge >= 0.3 is 6.09 Å². The number of amides is 1. The van der Waals surface area contributed by atoms with Crippen molar-refractivity contribution < 1.29 is 22.7 Å². The molecule has 0 N–H and O–H groups in total. The van der Waals surface area contributed by atoms with Gasteiger partial charge in [-0.25, -0.2) is 18.0 Å². The first kappa shape index (κ1) is 20.4. The van der Waals surface area contributed by atoms with Crippen molar-refractivity contribution in [2.75, 3.05) is 6.54 Å². The average molecular weight is 435 g/mol. The molecular formula is C16H18BrF3N4O2. The van der Waals surface area contributed by atoms with Crippen LogP contribution in [0.5, 0.6) is 0 Å². The van der Waals surface area contributed by atoms with Crippen LogP contribution in [-0.2, 0) is 11.2 Å². The minimum atomic E-state index is -3.45. The normalized spacial score (nSPS) is 22.0. The Morgan fingerprint density at radius 1 is 1.50 bits per heavy atom. The second-order valence-electron chi connectivity index (χ2n) is 7.00. The van der Waals surface area contributed by atoms with Gasteiger partial charge in [-0.3, -0.25) is 4.90 Å². The molecule has 2 rings (SSSR count). The van der Waals surface area contributed by atoms with Crippen molar-refractivity contribution in [3.8, 4) is 0 Å². The topological polar surface area (TPSA) is 78.3 Å². The Labute approximate surface area is 157 Å². The summed E-state index contributed by atoms with van der Waals surface area (Å²) in [7, 11) is 0. The van der Waals surface area contributed by atoms with Crippen LogP contribution in [0.2, 0.25) is 0 Å². The summed E-state index contributed by atoms with van der Waals surface area (Å²) in [5, 5.41) is 3.18. The van der Waals surface area contributed by atoms with Gasteiger partial charge in [0.25, 0.3) is 5.92 Å². The highest BCUT2D eigenvalue weighted by Gasteiger charge is 2.56. The summed E-state index contributed by atoms with van der Waals surface area (Å²) in [6.07, 6.45) is -1.21. The van der Waals surface area contributed by atoms with E-state index in [0.717, 1.165) is 4.90 Å². The molecule has 1 aliphatic rings. The monoisotopic (exact) mass is 434 g/mol. The summed E-state index contributed by atoms with van der Waals surface area (Å²) < 4.78 is 48.3. The molecule has 1 fully saturated rings. The van der Waals surface area contributed by atoms with Crippen LogP contribution in [0.4, 0.5) is 18.0 Å². The van der Waals surface area contributed by atoms with Crippen LogP contribution in [0, 0.1) is 5.82 Å². The molecule has 2 unspecified atom stereocenters. The molecule has 2 atom stereocenters. The highest BCUT2D eigenvalue weighted by Crippen LogP contribution is 2.38. The molecule has 1 heterocycles. The van der Waals surface area contributed by atoms with E-state index in [4.69, 9.17) is 10.3 Å². The molecule has 0 aliphatic carbocycles. The van der Waals surface area contributed by atoms with Gasteiger partial charge in [0.1, 0.15) is 17.5 Å². The van der Waals surface area contributed by atoms with Crippen LogP contribution >= 0.6 is 15.9 Å². The summed E-state index contributed by atoms with van der Waals surface area (Å²) in [6, 6.07) is 1.39. The fraction of sp³-hybridized carbons (Fsp3) is 0.562. The van der Waals surface area contributed by atoms with Crippen LogP contribution in [-0.4, -0.2) is 41.1 Å². The Kier molecular flexibility index (Phi) is 5.77. The molecule has 0 saturated carbocycles. The number of carbonyl (C=O) groups is 1. The van der Waals surface area contributed by atoms with Gasteiger partial charge in [-0.05, 0) is 60.3 Å². The first-order chi connectivity index (χ1) is 12.0. The number of alkyl halides is 2. The van der Waals surface area contributed by atoms with Crippen LogP contribution in [0.3, 0.4) is 0 Å². The number of hydrogen-bond acceptors (Lipinski definition) is 3. The number of hydrogen-bond donors (Lipinski definition) is 0. The predicted octanol–water partition coefficient (Wildman–Crippen LogP) is 5.06. The Morgan fingerprint density at radius 2 is 2.15 bits per heavy atom. The molecule has 6 nitrogen and oxygen atoms in total. The Balaban J connectivity index is 2.41. The van der Waals surface area contributed by atoms with E-state index in [9.17, 15) is 18.0 Å². The van der Waals surface area contributed by atoms with E-state index in [1.54, 1.807) is 26.8 Å². The molecule has 1 aromatic carbocycles. The largest absolute Gasteiger partial charge is 0.444 e. The zero-order valence-electron chi connectivity index (χ0n) is 14.4. The van der Waals surface area contributed by atoms with E-state index in [1.165, 1.54) is 12.1 Å². The van der Waals surface area contributed by atoms with E-state index < -0.39 is 42.1 Å². The highest BCUT2D eigenvalue weighted by molar-refractivity contribution is 9.10. The third-order valence-corrected chi connectivity index (χ3v) is 4.46. The Bertz CT molecular complexity index is 748. The second-order valence-corrected chi connectivity index (χ2v) is 7.86. The maximum Gasteiger partial charge on any atom is 0.410 e. The molecule has 0 spiro atoms. The summed E-state index contributed by atoms with van der Waals surface area (Å²) >= 11 is 3.04. The maximum absolute atomic E-state index is 14.4. The molecule has 1 aliphatic heterocycles. The zero-order chi connectivity index (χ0) is 19.7. The number of nitrogens with zero attached hydrogens (tertiary/aromatic N) is 4. The van der Waals surface area contributed by atoms with E-state index in [0.29, 0.717) is 0 Å². The summed E-state index contributed by atoms with van der Waals surface area (Å²) in [5.41, 5.74) is 7.89. The molecule has 0 bridgehead atoms. The lowest BCUT2D eigenvalue weighted by atomic mass is 9.99. The van der Waals surface area contributed by atoms with E-state index in [2.05, 4.69) is 26.0 Å². The summed E-state index contributed by atoms with van der Waals surface area (Å²) in [6.45, 7) is 3.85. The van der Waals surface area contributed by atoms with Gasteiger partial charge in [0.2, 0.25) is 0 Å². The number of ether oxygens (including phenoxy) is 1. The fourth-order valence-corrected chi connectivity index (χ4v) is 3.19. The average Bonchev–Trinajstić information content (AvgIpc) is 2.75. The van der Waals surface area contributed by atoms with Crippen LogP contribution in [0.25, 0.3) is 10.4 Å². The van der Waals surface area contributed by atoms with Crippen molar-refractivity contribution >= 4 is 22.0 Å². The van der Waals surface area contributed by atoms with Crippen molar-refractivity contribution in [3.63, 3.8) is 0 Å². The number of benzene rings is 1. The van der Waals surface area contributed by atoms with Gasteiger partial charge in [0.15, 0.2) is 0 Å². The number of rotatable bonds is 3. The number of likely N-dealkylation sites (tertiary alicyclic amines) is 1. The van der Waals surface area contributed by atoms with Crippen molar-refractivity contribution in [3.05, 3.63) is 44.5 Å². The standard InChI is InChI=1S/C16H18BrF3N4O2/c1-15(2,3)26-14(25)24-8-16(19,20)13(22-23-21)11(24)7-9-5-4-6-10(17)12(9)18/h4-6,11,13H,7-8H2,1-3H3. The zero-order valence-corrected chi connectivity index (χ0v) is 16.0. The minimum Gasteiger partial charge on any atom is -0.444 e. The van der Waals surface area contributed by atoms with Crippen LogP contribution in [0.1, 0.15) is 26.3 Å². The van der Waals surface area contributed by atoms with E-state index in [-0.39, 0.29) is 16.5 Å². The number of carbonyl (C=O) groups excluding carboxylic acids is 1. The molecule has 1 aromatic rings. The molecule has 10 heteroatoms. The number of azide groups is 1. The molecule has 1 saturated heterocycles. The van der Waals surface area contributed by atoms with Crippen molar-refractivity contribution in [1.29, 1.82) is 0 Å². The third-order valence-electron chi connectivity index (χ3n) is 3.84. The maximum atomic E-state index is 14.4. The van der Waals surface area contributed by atoms with Crippen LogP contribution in [0.15, 0.2) is 27.8 Å². The van der Waals surface area contributed by atoms with E-state index in [1.807, 2.05) is 0 Å². The lowest BCUT2D eigenvalue weighted by Crippen LogP contribution is -2.43. The van der Waals surface area contributed by atoms with Gasteiger partial charge in [-0.2, -0.15) is 0 Å². The Hall–Kier alpha value is -1.93. The van der Waals surface area contributed by atoms with Crippen molar-refractivity contribution in [2.24, 2.45) is 5.11 Å². The van der Waals surface area contributed by atoms with E-state index >= 15 is 0 Å². The lowest BCUT2D eigenvalue weighted by molar-refractivity contribution is -0.00932. The first-order valence-corrected chi connectivity index (χ1v) is 8.60. The second kappa shape index (κ2) is 7.36. The smallest absolute Gasteiger partial charge is 0.410 e. The summed E-state index contributed by atoms with van der Waals surface area (Å²) in [5.74, 6) is -4.07. The lowest BCUT2D eigenvalue weighted by Gasteiger charge is -2.29. The molecule has 26 heavy (non-hydrogen) atoms. The quantitative estimate of drug-likeness (QED) is 0.378. The van der Waals surface area contributed by atoms with Gasteiger partial charge in [-0.1, -0.05) is 17.2 Å². The van der Waals surface area contributed by atoms with Crippen LogP contribution < -0.4 is 0 Å². The third kappa shape index (κ3) is 4.42. The minimum absolute atomic E-state index is 0.119. The molecule has 0 radical (unpaired) electrons. The van der Waals surface area contributed by atoms with Crippen molar-refractivity contribution in [2.45, 2.75) is 50.8 Å². The molecule has 0 aromatic heterocycles. The first-order valence-electron chi connectivity index (χ1n) is 7.81. The van der Waals surface area contributed by atoms with Gasteiger partial charge < -0.3 is 4.74 Å². The molecule has 1 amide bonds. The van der Waals surface area contributed by atoms with Crippen molar-refractivity contribution in [1.82, 2.24) is 4.90 Å². The molecule has 142 valence electrons. The molecular weight excluding hydrogens is 417 g/mol.